The van der Waals surface area contributed by atoms with E-state index >= 15 is 0 Å². The maximum absolute atomic E-state index is 11.6. The van der Waals surface area contributed by atoms with Gasteiger partial charge in [-0.3, -0.25) is 20.2 Å². The van der Waals surface area contributed by atoms with Gasteiger partial charge in [0.1, 0.15) is 0 Å². The molecule has 4 aromatic carbocycles. The molecule has 0 spiro atoms. The molecule has 0 aliphatic rings. The molecule has 0 bridgehead atoms. The van der Waals surface area contributed by atoms with Crippen LogP contribution in [0.2, 0.25) is 0 Å². The lowest BCUT2D eigenvalue weighted by Crippen LogP contribution is -2.07. The van der Waals surface area contributed by atoms with Gasteiger partial charge in [0.05, 0.1) is 9.85 Å². The maximum atomic E-state index is 11.6. The van der Waals surface area contributed by atoms with Gasteiger partial charge < -0.3 is 9.47 Å². The predicted molar refractivity (Wildman–Crippen MR) is 127 cm³/mol. The molecule has 168 valence electrons. The van der Waals surface area contributed by atoms with Crippen LogP contribution in [0.1, 0.15) is 11.1 Å². The number of nitro benzene ring substituents is 2. The summed E-state index contributed by atoms with van der Waals surface area (Å²) in [4.78, 5) is 22.1. The highest BCUT2D eigenvalue weighted by Crippen LogP contribution is 2.37. The van der Waals surface area contributed by atoms with Crippen molar-refractivity contribution in [2.75, 3.05) is 0 Å². The summed E-state index contributed by atoms with van der Waals surface area (Å²) in [6, 6.07) is 29.8. The Labute approximate surface area is 194 Å². The van der Waals surface area contributed by atoms with Crippen LogP contribution in [-0.2, 0) is 0 Å². The Bertz CT molecular complexity index is 1250. The first-order chi connectivity index (χ1) is 16.5. The van der Waals surface area contributed by atoms with Crippen LogP contribution in [0.5, 0.6) is 11.5 Å². The van der Waals surface area contributed by atoms with Gasteiger partial charge in [-0.05, 0) is 12.1 Å². The Morgan fingerprint density at radius 2 is 0.824 bits per heavy atom. The molecule has 0 aliphatic heterocycles. The highest BCUT2D eigenvalue weighted by molar-refractivity contribution is 5.86. The third kappa shape index (κ3) is 4.91. The smallest absolute Gasteiger partial charge is 0.311 e. The number of ether oxygens (including phenoxy) is 2. The number of rotatable bonds is 8. The largest absolute Gasteiger partial charge is 0.446 e. The van der Waals surface area contributed by atoms with Crippen molar-refractivity contribution >= 4 is 22.9 Å². The van der Waals surface area contributed by atoms with Gasteiger partial charge in [-0.2, -0.15) is 0 Å². The van der Waals surface area contributed by atoms with Crippen LogP contribution >= 0.6 is 0 Å². The molecule has 0 fully saturated rings. The lowest BCUT2D eigenvalue weighted by atomic mass is 10.1. The monoisotopic (exact) mass is 454 g/mol. The molecule has 0 radical (unpaired) electrons. The van der Waals surface area contributed by atoms with Crippen molar-refractivity contribution in [2.24, 2.45) is 0 Å². The minimum Gasteiger partial charge on any atom is -0.446 e. The quantitative estimate of drug-likeness (QED) is 0.130. The zero-order chi connectivity index (χ0) is 23.9. The molecular formula is C26H18N2O6. The van der Waals surface area contributed by atoms with E-state index in [1.807, 2.05) is 12.1 Å². The lowest BCUT2D eigenvalue weighted by molar-refractivity contribution is -0.385. The van der Waals surface area contributed by atoms with Crippen LogP contribution in [0.15, 0.2) is 109 Å². The molecule has 0 aromatic heterocycles. The van der Waals surface area contributed by atoms with Gasteiger partial charge >= 0.3 is 11.4 Å². The van der Waals surface area contributed by atoms with Crippen molar-refractivity contribution in [1.29, 1.82) is 0 Å². The molecule has 8 nitrogen and oxygen atoms in total. The zero-order valence-corrected chi connectivity index (χ0v) is 17.7. The van der Waals surface area contributed by atoms with Gasteiger partial charge in [0.2, 0.25) is 11.5 Å². The summed E-state index contributed by atoms with van der Waals surface area (Å²) in [6.07, 6.45) is 0. The first-order valence-corrected chi connectivity index (χ1v) is 10.2. The van der Waals surface area contributed by atoms with Crippen LogP contribution < -0.4 is 9.47 Å². The SMILES string of the molecule is O=[N+]([O-])c1ccccc1OC(=C(Oc1ccccc1[N+](=O)[O-])c1ccccc1)c1ccccc1. The molecule has 0 saturated heterocycles. The van der Waals surface area contributed by atoms with Crippen molar-refractivity contribution in [3.8, 4) is 11.5 Å². The first kappa shape index (κ1) is 22.2. The number of hydrogen-bond acceptors (Lipinski definition) is 6. The number of nitro groups is 2. The average molecular weight is 454 g/mol. The molecule has 0 heterocycles. The Morgan fingerprint density at radius 1 is 0.500 bits per heavy atom. The van der Waals surface area contributed by atoms with Crippen molar-refractivity contribution in [3.05, 3.63) is 141 Å². The van der Waals surface area contributed by atoms with E-state index in [0.717, 1.165) is 0 Å². The third-order valence-electron chi connectivity index (χ3n) is 4.83. The Balaban J connectivity index is 1.96. The van der Waals surface area contributed by atoms with Crippen molar-refractivity contribution in [1.82, 2.24) is 0 Å². The van der Waals surface area contributed by atoms with E-state index in [2.05, 4.69) is 0 Å². The normalized spacial score (nSPS) is 11.3. The van der Waals surface area contributed by atoms with Gasteiger partial charge in [-0.15, -0.1) is 0 Å². The minimum atomic E-state index is -0.539. The van der Waals surface area contributed by atoms with Gasteiger partial charge in [0.25, 0.3) is 0 Å². The second kappa shape index (κ2) is 10.1. The maximum Gasteiger partial charge on any atom is 0.311 e. The topological polar surface area (TPSA) is 105 Å². The molecule has 0 amide bonds. The predicted octanol–water partition coefficient (Wildman–Crippen LogP) is 6.49. The first-order valence-electron chi connectivity index (χ1n) is 10.2. The van der Waals surface area contributed by atoms with E-state index in [1.165, 1.54) is 24.3 Å². The molecule has 8 heteroatoms. The third-order valence-corrected chi connectivity index (χ3v) is 4.83. The minimum absolute atomic E-state index is 0.00551. The van der Waals surface area contributed by atoms with Crippen LogP contribution in [0.4, 0.5) is 11.4 Å². The summed E-state index contributed by atoms with van der Waals surface area (Å²) in [5.41, 5.74) is 0.680. The molecule has 0 aliphatic carbocycles. The van der Waals surface area contributed by atoms with Crippen LogP contribution in [0.3, 0.4) is 0 Å². The highest BCUT2D eigenvalue weighted by Gasteiger charge is 2.24. The van der Waals surface area contributed by atoms with E-state index in [1.54, 1.807) is 72.8 Å². The summed E-state index contributed by atoms with van der Waals surface area (Å²) in [6.45, 7) is 0. The fraction of sp³-hybridized carbons (Fsp3) is 0. The van der Waals surface area contributed by atoms with Gasteiger partial charge in [-0.1, -0.05) is 84.9 Å². The van der Waals surface area contributed by atoms with E-state index in [9.17, 15) is 20.2 Å². The summed E-state index contributed by atoms with van der Waals surface area (Å²) >= 11 is 0. The van der Waals surface area contributed by atoms with E-state index in [4.69, 9.17) is 9.47 Å². The van der Waals surface area contributed by atoms with Crippen LogP contribution in [0.25, 0.3) is 11.5 Å². The number of para-hydroxylation sites is 4. The van der Waals surface area contributed by atoms with Gasteiger partial charge in [0, 0.05) is 23.3 Å². The van der Waals surface area contributed by atoms with E-state index in [0.29, 0.717) is 11.1 Å². The summed E-state index contributed by atoms with van der Waals surface area (Å²) in [5, 5.41) is 23.2. The Hall–Kier alpha value is -4.98. The number of nitrogens with zero attached hydrogens (tertiary/aromatic N) is 2. The number of benzene rings is 4. The summed E-state index contributed by atoms with van der Waals surface area (Å²) in [7, 11) is 0. The molecule has 0 N–H and O–H groups in total. The van der Waals surface area contributed by atoms with E-state index in [-0.39, 0.29) is 34.4 Å². The van der Waals surface area contributed by atoms with Crippen molar-refractivity contribution in [3.63, 3.8) is 0 Å². The van der Waals surface area contributed by atoms with Crippen LogP contribution in [-0.4, -0.2) is 9.85 Å². The van der Waals surface area contributed by atoms with Crippen molar-refractivity contribution in [2.45, 2.75) is 0 Å². The van der Waals surface area contributed by atoms with Gasteiger partial charge in [0.15, 0.2) is 11.5 Å². The second-order valence-electron chi connectivity index (χ2n) is 7.04. The fourth-order valence-corrected chi connectivity index (χ4v) is 3.26. The van der Waals surface area contributed by atoms with E-state index < -0.39 is 9.85 Å². The standard InChI is InChI=1S/C26H18N2O6/c29-27(30)21-15-7-9-17-23(21)33-25(19-11-3-1-4-12-19)26(20-13-5-2-6-14-20)34-24-18-10-8-16-22(24)28(31)32/h1-18H. The molecule has 0 atom stereocenters. The molecular weight excluding hydrogens is 436 g/mol. The summed E-state index contributed by atoms with van der Waals surface area (Å²) in [5.74, 6) is 0.343. The summed E-state index contributed by atoms with van der Waals surface area (Å²) < 4.78 is 12.3. The molecule has 0 saturated carbocycles. The molecule has 0 unspecified atom stereocenters. The van der Waals surface area contributed by atoms with Gasteiger partial charge in [-0.25, -0.2) is 0 Å². The lowest BCUT2D eigenvalue weighted by Gasteiger charge is -2.18. The molecule has 4 aromatic rings. The molecule has 34 heavy (non-hydrogen) atoms. The van der Waals surface area contributed by atoms with Crippen LogP contribution in [0, 0.1) is 20.2 Å². The Kier molecular flexibility index (Phi) is 6.60. The molecule has 4 rings (SSSR count). The van der Waals surface area contributed by atoms with Crippen molar-refractivity contribution < 1.29 is 19.3 Å². The Morgan fingerprint density at radius 3 is 1.18 bits per heavy atom. The number of hydrogen-bond donors (Lipinski definition) is 0. The second-order valence-corrected chi connectivity index (χ2v) is 7.04. The average Bonchev–Trinajstić information content (AvgIpc) is 2.87. The zero-order valence-electron chi connectivity index (χ0n) is 17.7. The highest BCUT2D eigenvalue weighted by atomic mass is 16.6. The fourth-order valence-electron chi connectivity index (χ4n) is 3.26.